The first-order chi connectivity index (χ1) is 14.0. The lowest BCUT2D eigenvalue weighted by molar-refractivity contribution is 0.0787. The van der Waals surface area contributed by atoms with Crippen LogP contribution in [-0.4, -0.2) is 22.8 Å². The van der Waals surface area contributed by atoms with E-state index in [1.54, 1.807) is 4.90 Å². The SMILES string of the molecule is CCc1ccc(CN(C)C(=O)c2cc(-c3ccc(Cl)s3)nc3ccccc23)cc1. The molecule has 0 N–H and O–H groups in total. The van der Waals surface area contributed by atoms with E-state index in [0.717, 1.165) is 33.5 Å². The second kappa shape index (κ2) is 8.36. The van der Waals surface area contributed by atoms with Crippen LogP contribution in [0, 0.1) is 0 Å². The maximum atomic E-state index is 13.4. The molecule has 4 aromatic rings. The zero-order valence-corrected chi connectivity index (χ0v) is 17.9. The lowest BCUT2D eigenvalue weighted by Crippen LogP contribution is -2.26. The molecule has 3 nitrogen and oxygen atoms in total. The molecule has 0 aliphatic carbocycles. The molecule has 0 aliphatic heterocycles. The zero-order chi connectivity index (χ0) is 20.4. The van der Waals surface area contributed by atoms with Crippen molar-refractivity contribution in [2.24, 2.45) is 0 Å². The third-order valence-electron chi connectivity index (χ3n) is 4.97. The molecule has 0 spiro atoms. The Morgan fingerprint density at radius 3 is 2.45 bits per heavy atom. The Morgan fingerprint density at radius 1 is 1.03 bits per heavy atom. The Bertz CT molecular complexity index is 1170. The molecule has 0 atom stereocenters. The number of thiophene rings is 1. The van der Waals surface area contributed by atoms with Gasteiger partial charge in [-0.3, -0.25) is 4.79 Å². The molecule has 29 heavy (non-hydrogen) atoms. The zero-order valence-electron chi connectivity index (χ0n) is 16.4. The summed E-state index contributed by atoms with van der Waals surface area (Å²) in [5.74, 6) is -0.0212. The summed E-state index contributed by atoms with van der Waals surface area (Å²) in [6, 6.07) is 21.9. The van der Waals surface area contributed by atoms with Crippen molar-refractivity contribution in [3.05, 3.63) is 87.8 Å². The number of carbonyl (C=O) groups is 1. The van der Waals surface area contributed by atoms with Gasteiger partial charge in [0.15, 0.2) is 0 Å². The van der Waals surface area contributed by atoms with E-state index >= 15 is 0 Å². The predicted octanol–water partition coefficient (Wildman–Crippen LogP) is 6.45. The van der Waals surface area contributed by atoms with E-state index in [1.165, 1.54) is 16.9 Å². The molecule has 0 bridgehead atoms. The molecule has 0 radical (unpaired) electrons. The quantitative estimate of drug-likeness (QED) is 0.371. The van der Waals surface area contributed by atoms with Gasteiger partial charge in [-0.1, -0.05) is 61.0 Å². The van der Waals surface area contributed by atoms with E-state index in [9.17, 15) is 4.79 Å². The molecule has 0 saturated heterocycles. The number of aryl methyl sites for hydroxylation is 1. The molecule has 4 rings (SSSR count). The number of carbonyl (C=O) groups excluding carboxylic acids is 1. The van der Waals surface area contributed by atoms with Gasteiger partial charge >= 0.3 is 0 Å². The van der Waals surface area contributed by atoms with Crippen molar-refractivity contribution in [1.82, 2.24) is 9.88 Å². The van der Waals surface area contributed by atoms with Crippen LogP contribution in [0.1, 0.15) is 28.4 Å². The Hall–Kier alpha value is -2.69. The molecule has 2 heterocycles. The number of fused-ring (bicyclic) bond motifs is 1. The Morgan fingerprint density at radius 2 is 1.76 bits per heavy atom. The molecule has 1 amide bonds. The highest BCUT2D eigenvalue weighted by molar-refractivity contribution is 7.19. The molecule has 2 aromatic carbocycles. The highest BCUT2D eigenvalue weighted by Crippen LogP contribution is 2.32. The minimum Gasteiger partial charge on any atom is -0.337 e. The number of halogens is 1. The van der Waals surface area contributed by atoms with Crippen LogP contribution < -0.4 is 0 Å². The summed E-state index contributed by atoms with van der Waals surface area (Å²) in [5.41, 5.74) is 4.63. The molecule has 0 unspecified atom stereocenters. The number of pyridine rings is 1. The van der Waals surface area contributed by atoms with E-state index in [1.807, 2.05) is 49.5 Å². The van der Waals surface area contributed by atoms with Crippen LogP contribution in [0.15, 0.2) is 66.7 Å². The first kappa shape index (κ1) is 19.6. The van der Waals surface area contributed by atoms with Crippen LogP contribution in [0.3, 0.4) is 0 Å². The molecule has 2 aromatic heterocycles. The first-order valence-corrected chi connectivity index (χ1v) is 10.7. The van der Waals surface area contributed by atoms with Gasteiger partial charge in [0.05, 0.1) is 26.0 Å². The van der Waals surface area contributed by atoms with Gasteiger partial charge in [0, 0.05) is 19.0 Å². The van der Waals surface area contributed by atoms with Crippen molar-refractivity contribution in [2.75, 3.05) is 7.05 Å². The van der Waals surface area contributed by atoms with Gasteiger partial charge in [0.2, 0.25) is 0 Å². The highest BCUT2D eigenvalue weighted by Gasteiger charge is 2.18. The molecule has 5 heteroatoms. The maximum Gasteiger partial charge on any atom is 0.254 e. The third-order valence-corrected chi connectivity index (χ3v) is 6.22. The van der Waals surface area contributed by atoms with Gasteiger partial charge in [0.25, 0.3) is 5.91 Å². The molecule has 0 saturated carbocycles. The van der Waals surface area contributed by atoms with Gasteiger partial charge in [-0.25, -0.2) is 4.98 Å². The summed E-state index contributed by atoms with van der Waals surface area (Å²) in [4.78, 5) is 20.8. The number of rotatable bonds is 5. The van der Waals surface area contributed by atoms with E-state index in [4.69, 9.17) is 16.6 Å². The number of benzene rings is 2. The van der Waals surface area contributed by atoms with Crippen molar-refractivity contribution >= 4 is 39.7 Å². The fourth-order valence-electron chi connectivity index (χ4n) is 3.36. The second-order valence-electron chi connectivity index (χ2n) is 7.01. The van der Waals surface area contributed by atoms with E-state index in [2.05, 4.69) is 31.2 Å². The molecular formula is C24H21ClN2OS. The fraction of sp³-hybridized carbons (Fsp3) is 0.167. The number of hydrogen-bond acceptors (Lipinski definition) is 3. The minimum absolute atomic E-state index is 0.0212. The van der Waals surface area contributed by atoms with E-state index in [0.29, 0.717) is 16.4 Å². The van der Waals surface area contributed by atoms with Crippen molar-refractivity contribution in [1.29, 1.82) is 0 Å². The van der Waals surface area contributed by atoms with Gasteiger partial charge in [-0.15, -0.1) is 11.3 Å². The number of nitrogens with zero attached hydrogens (tertiary/aromatic N) is 2. The van der Waals surface area contributed by atoms with Gasteiger partial charge in [-0.05, 0) is 41.8 Å². The van der Waals surface area contributed by atoms with Gasteiger partial charge < -0.3 is 4.90 Å². The lowest BCUT2D eigenvalue weighted by Gasteiger charge is -2.19. The topological polar surface area (TPSA) is 33.2 Å². The van der Waals surface area contributed by atoms with Crippen LogP contribution >= 0.6 is 22.9 Å². The second-order valence-corrected chi connectivity index (χ2v) is 8.72. The Labute approximate surface area is 179 Å². The molecule has 0 aliphatic rings. The number of aromatic nitrogens is 1. The molecule has 0 fully saturated rings. The summed E-state index contributed by atoms with van der Waals surface area (Å²) in [6.07, 6.45) is 1.01. The molecule has 146 valence electrons. The van der Waals surface area contributed by atoms with Crippen LogP contribution in [-0.2, 0) is 13.0 Å². The summed E-state index contributed by atoms with van der Waals surface area (Å²) in [6.45, 7) is 2.69. The van der Waals surface area contributed by atoms with Crippen LogP contribution in [0.25, 0.3) is 21.5 Å². The summed E-state index contributed by atoms with van der Waals surface area (Å²) in [7, 11) is 1.84. The average Bonchev–Trinajstić information content (AvgIpc) is 3.19. The van der Waals surface area contributed by atoms with E-state index in [-0.39, 0.29) is 5.91 Å². The average molecular weight is 421 g/mol. The predicted molar refractivity (Wildman–Crippen MR) is 122 cm³/mol. The largest absolute Gasteiger partial charge is 0.337 e. The van der Waals surface area contributed by atoms with Crippen LogP contribution in [0.5, 0.6) is 0 Å². The highest BCUT2D eigenvalue weighted by atomic mass is 35.5. The Kier molecular flexibility index (Phi) is 5.65. The van der Waals surface area contributed by atoms with Crippen molar-refractivity contribution in [3.8, 4) is 10.6 Å². The summed E-state index contributed by atoms with van der Waals surface area (Å²) >= 11 is 7.57. The van der Waals surface area contributed by atoms with Crippen LogP contribution in [0.4, 0.5) is 0 Å². The number of para-hydroxylation sites is 1. The van der Waals surface area contributed by atoms with Gasteiger partial charge in [-0.2, -0.15) is 0 Å². The standard InChI is InChI=1S/C24H21ClN2OS/c1-3-16-8-10-17(11-9-16)15-27(2)24(28)19-14-21(22-12-13-23(25)29-22)26-20-7-5-4-6-18(19)20/h4-14H,3,15H2,1-2H3. The minimum atomic E-state index is -0.0212. The summed E-state index contributed by atoms with van der Waals surface area (Å²) in [5, 5.41) is 0.858. The fourth-order valence-corrected chi connectivity index (χ4v) is 4.37. The first-order valence-electron chi connectivity index (χ1n) is 9.54. The molecular weight excluding hydrogens is 400 g/mol. The van der Waals surface area contributed by atoms with Crippen LogP contribution in [0.2, 0.25) is 4.34 Å². The number of hydrogen-bond donors (Lipinski definition) is 0. The smallest absolute Gasteiger partial charge is 0.254 e. The van der Waals surface area contributed by atoms with Crippen molar-refractivity contribution < 1.29 is 4.79 Å². The Balaban J connectivity index is 1.70. The lowest BCUT2D eigenvalue weighted by atomic mass is 10.0. The van der Waals surface area contributed by atoms with Crippen molar-refractivity contribution in [3.63, 3.8) is 0 Å². The number of amides is 1. The summed E-state index contributed by atoms with van der Waals surface area (Å²) < 4.78 is 0.704. The van der Waals surface area contributed by atoms with E-state index < -0.39 is 0 Å². The van der Waals surface area contributed by atoms with Gasteiger partial charge in [0.1, 0.15) is 0 Å². The third kappa shape index (κ3) is 4.19. The maximum absolute atomic E-state index is 13.4. The van der Waals surface area contributed by atoms with Crippen molar-refractivity contribution in [2.45, 2.75) is 19.9 Å². The monoisotopic (exact) mass is 420 g/mol. The normalized spacial score (nSPS) is 11.0.